The molecule has 0 fully saturated rings. The molecular formula is C14H23N3O3. The third-order valence-corrected chi connectivity index (χ3v) is 2.79. The summed E-state index contributed by atoms with van der Waals surface area (Å²) < 4.78 is 5.50. The van der Waals surface area contributed by atoms with Crippen molar-refractivity contribution in [2.24, 2.45) is 0 Å². The van der Waals surface area contributed by atoms with Gasteiger partial charge >= 0.3 is 5.97 Å². The fraction of sp³-hybridized carbons (Fsp3) is 0.643. The Balaban J connectivity index is 2.72. The monoisotopic (exact) mass is 281 g/mol. The summed E-state index contributed by atoms with van der Waals surface area (Å²) in [4.78, 5) is 21.0. The molecule has 20 heavy (non-hydrogen) atoms. The smallest absolute Gasteiger partial charge is 0.303 e. The van der Waals surface area contributed by atoms with E-state index in [9.17, 15) is 4.79 Å². The van der Waals surface area contributed by atoms with Crippen molar-refractivity contribution in [2.75, 3.05) is 18.1 Å². The van der Waals surface area contributed by atoms with E-state index < -0.39 is 5.97 Å². The summed E-state index contributed by atoms with van der Waals surface area (Å²) in [6.45, 7) is 7.41. The van der Waals surface area contributed by atoms with Crippen molar-refractivity contribution in [1.29, 1.82) is 0 Å². The first-order valence-electron chi connectivity index (χ1n) is 6.97. The summed E-state index contributed by atoms with van der Waals surface area (Å²) in [6.07, 6.45) is 3.15. The Morgan fingerprint density at radius 1 is 1.45 bits per heavy atom. The van der Waals surface area contributed by atoms with Gasteiger partial charge in [0, 0.05) is 25.1 Å². The van der Waals surface area contributed by atoms with Gasteiger partial charge in [-0.25, -0.2) is 9.97 Å². The van der Waals surface area contributed by atoms with Gasteiger partial charge in [0.15, 0.2) is 0 Å². The van der Waals surface area contributed by atoms with Crippen LogP contribution in [0.2, 0.25) is 0 Å². The lowest BCUT2D eigenvalue weighted by Gasteiger charge is -2.27. The summed E-state index contributed by atoms with van der Waals surface area (Å²) in [5, 5.41) is 8.71. The Bertz CT molecular complexity index is 424. The van der Waals surface area contributed by atoms with Crippen LogP contribution in [0.15, 0.2) is 12.4 Å². The van der Waals surface area contributed by atoms with Crippen LogP contribution in [0.4, 0.5) is 5.82 Å². The van der Waals surface area contributed by atoms with E-state index in [1.165, 1.54) is 6.33 Å². The predicted molar refractivity (Wildman–Crippen MR) is 77.2 cm³/mol. The van der Waals surface area contributed by atoms with Gasteiger partial charge < -0.3 is 14.7 Å². The molecule has 0 unspecified atom stereocenters. The fourth-order valence-electron chi connectivity index (χ4n) is 1.81. The third kappa shape index (κ3) is 5.42. The van der Waals surface area contributed by atoms with Crippen LogP contribution in [-0.4, -0.2) is 40.2 Å². The van der Waals surface area contributed by atoms with Gasteiger partial charge in [0.05, 0.1) is 6.61 Å². The van der Waals surface area contributed by atoms with E-state index in [1.54, 1.807) is 6.07 Å². The number of carboxylic acids is 1. The molecule has 112 valence electrons. The average Bonchev–Trinajstić information content (AvgIpc) is 2.41. The summed E-state index contributed by atoms with van der Waals surface area (Å²) in [5.41, 5.74) is 0. The van der Waals surface area contributed by atoms with Crippen molar-refractivity contribution >= 4 is 11.8 Å². The van der Waals surface area contributed by atoms with Crippen LogP contribution in [0.3, 0.4) is 0 Å². The zero-order chi connectivity index (χ0) is 15.0. The summed E-state index contributed by atoms with van der Waals surface area (Å²) in [5.74, 6) is 0.551. The molecule has 1 rings (SSSR count). The maximum absolute atomic E-state index is 10.6. The number of carboxylic acid groups (broad SMARTS) is 1. The molecule has 1 N–H and O–H groups in total. The van der Waals surface area contributed by atoms with Crippen LogP contribution in [0.25, 0.3) is 0 Å². The molecule has 1 aromatic rings. The molecule has 0 aromatic carbocycles. The minimum Gasteiger partial charge on any atom is -0.481 e. The first-order valence-corrected chi connectivity index (χ1v) is 6.97. The number of nitrogens with zero attached hydrogens (tertiary/aromatic N) is 3. The van der Waals surface area contributed by atoms with Crippen molar-refractivity contribution in [1.82, 2.24) is 9.97 Å². The second-order valence-corrected chi connectivity index (χ2v) is 4.85. The summed E-state index contributed by atoms with van der Waals surface area (Å²) in [7, 11) is 0. The molecule has 0 saturated heterocycles. The van der Waals surface area contributed by atoms with Crippen LogP contribution >= 0.6 is 0 Å². The Morgan fingerprint density at radius 3 is 2.80 bits per heavy atom. The van der Waals surface area contributed by atoms with Crippen molar-refractivity contribution in [2.45, 2.75) is 46.1 Å². The molecule has 1 aromatic heterocycles. The molecule has 0 amide bonds. The highest BCUT2D eigenvalue weighted by Crippen LogP contribution is 2.18. The zero-order valence-corrected chi connectivity index (χ0v) is 12.4. The number of aromatic nitrogens is 2. The Kier molecular flexibility index (Phi) is 6.76. The van der Waals surface area contributed by atoms with Crippen LogP contribution in [0.1, 0.15) is 40.0 Å². The van der Waals surface area contributed by atoms with Crippen LogP contribution < -0.4 is 9.64 Å². The van der Waals surface area contributed by atoms with Gasteiger partial charge in [-0.05, 0) is 26.7 Å². The highest BCUT2D eigenvalue weighted by atomic mass is 16.5. The normalized spacial score (nSPS) is 10.6. The molecule has 0 aliphatic rings. The number of aliphatic carboxylic acids is 1. The highest BCUT2D eigenvalue weighted by Gasteiger charge is 2.13. The number of ether oxygens (including phenoxy) is 1. The van der Waals surface area contributed by atoms with E-state index in [0.29, 0.717) is 25.5 Å². The molecule has 0 radical (unpaired) electrons. The highest BCUT2D eigenvalue weighted by molar-refractivity contribution is 5.66. The van der Waals surface area contributed by atoms with E-state index >= 15 is 0 Å². The van der Waals surface area contributed by atoms with Crippen LogP contribution in [0.5, 0.6) is 5.88 Å². The lowest BCUT2D eigenvalue weighted by molar-refractivity contribution is -0.137. The second-order valence-electron chi connectivity index (χ2n) is 4.85. The van der Waals surface area contributed by atoms with Crippen molar-refractivity contribution in [3.05, 3.63) is 12.4 Å². The van der Waals surface area contributed by atoms with Gasteiger partial charge in [-0.1, -0.05) is 6.92 Å². The third-order valence-electron chi connectivity index (χ3n) is 2.79. The second kappa shape index (κ2) is 8.35. The number of anilines is 1. The van der Waals surface area contributed by atoms with E-state index in [2.05, 4.69) is 28.7 Å². The van der Waals surface area contributed by atoms with Crippen LogP contribution in [0, 0.1) is 0 Å². The first kappa shape index (κ1) is 16.2. The van der Waals surface area contributed by atoms with Crippen molar-refractivity contribution in [3.63, 3.8) is 0 Å². The molecule has 6 nitrogen and oxygen atoms in total. The number of rotatable bonds is 9. The lowest BCUT2D eigenvalue weighted by Crippen LogP contribution is -2.32. The lowest BCUT2D eigenvalue weighted by atomic mass is 10.2. The molecule has 0 saturated carbocycles. The maximum Gasteiger partial charge on any atom is 0.303 e. The standard InChI is InChI=1S/C14H23N3O3/c1-4-8-20-13-9-12(15-10-16-13)17(11(2)3)7-5-6-14(18)19/h9-11H,4-8H2,1-3H3,(H,18,19). The quantitative estimate of drug-likeness (QED) is 0.748. The summed E-state index contributed by atoms with van der Waals surface area (Å²) in [6, 6.07) is 2.04. The van der Waals surface area contributed by atoms with Gasteiger partial charge in [0.25, 0.3) is 0 Å². The molecule has 1 heterocycles. The van der Waals surface area contributed by atoms with Crippen LogP contribution in [-0.2, 0) is 4.79 Å². The Hall–Kier alpha value is -1.85. The van der Waals surface area contributed by atoms with Gasteiger partial charge in [-0.3, -0.25) is 4.79 Å². The van der Waals surface area contributed by atoms with Gasteiger partial charge in [-0.15, -0.1) is 0 Å². The molecule has 0 spiro atoms. The first-order chi connectivity index (χ1) is 9.54. The Labute approximate surface area is 119 Å². The summed E-state index contributed by atoms with van der Waals surface area (Å²) >= 11 is 0. The maximum atomic E-state index is 10.6. The molecule has 0 bridgehead atoms. The molecule has 0 aliphatic heterocycles. The van der Waals surface area contributed by atoms with Gasteiger partial charge in [0.1, 0.15) is 12.1 Å². The SMILES string of the molecule is CCCOc1cc(N(CCCC(=O)O)C(C)C)ncn1. The molecular weight excluding hydrogens is 258 g/mol. The van der Waals surface area contributed by atoms with E-state index in [-0.39, 0.29) is 12.5 Å². The van der Waals surface area contributed by atoms with E-state index in [0.717, 1.165) is 12.2 Å². The number of hydrogen-bond acceptors (Lipinski definition) is 5. The topological polar surface area (TPSA) is 75.5 Å². The number of carbonyl (C=O) groups is 1. The minimum atomic E-state index is -0.775. The van der Waals surface area contributed by atoms with Crippen molar-refractivity contribution in [3.8, 4) is 5.88 Å². The Morgan fingerprint density at radius 2 is 2.20 bits per heavy atom. The van der Waals surface area contributed by atoms with E-state index in [4.69, 9.17) is 9.84 Å². The molecule has 0 atom stereocenters. The zero-order valence-electron chi connectivity index (χ0n) is 12.4. The number of hydrogen-bond donors (Lipinski definition) is 1. The van der Waals surface area contributed by atoms with Crippen molar-refractivity contribution < 1.29 is 14.6 Å². The fourth-order valence-corrected chi connectivity index (χ4v) is 1.81. The predicted octanol–water partition coefficient (Wildman–Crippen LogP) is 2.35. The average molecular weight is 281 g/mol. The minimum absolute atomic E-state index is 0.160. The largest absolute Gasteiger partial charge is 0.481 e. The molecule has 0 aliphatic carbocycles. The van der Waals surface area contributed by atoms with Gasteiger partial charge in [-0.2, -0.15) is 0 Å². The molecule has 6 heteroatoms. The van der Waals surface area contributed by atoms with Gasteiger partial charge in [0.2, 0.25) is 5.88 Å². The van der Waals surface area contributed by atoms with E-state index in [1.807, 2.05) is 6.92 Å².